The molecule has 0 saturated carbocycles. The standard InChI is InChI=1S/C18H20N2O/c19-17(15-8-2-1-3-9-15)13-20-12-6-10-14-7-4-5-11-16(14)18(20)21/h1-5,7-9,11,17H,6,10,12-13,19H2. The maximum Gasteiger partial charge on any atom is 0.254 e. The Balaban J connectivity index is 1.79. The van der Waals surface area contributed by atoms with E-state index in [1.54, 1.807) is 0 Å². The first kappa shape index (κ1) is 13.8. The lowest BCUT2D eigenvalue weighted by molar-refractivity contribution is 0.0751. The Morgan fingerprint density at radius 2 is 1.76 bits per heavy atom. The number of aryl methyl sites for hydroxylation is 1. The largest absolute Gasteiger partial charge is 0.337 e. The lowest BCUT2D eigenvalue weighted by Crippen LogP contribution is -2.37. The van der Waals surface area contributed by atoms with Crippen LogP contribution in [0.25, 0.3) is 0 Å². The lowest BCUT2D eigenvalue weighted by Gasteiger charge is -2.25. The average molecular weight is 280 g/mol. The van der Waals surface area contributed by atoms with E-state index in [2.05, 4.69) is 0 Å². The van der Waals surface area contributed by atoms with Crippen molar-refractivity contribution in [1.82, 2.24) is 4.90 Å². The van der Waals surface area contributed by atoms with Crippen LogP contribution in [0.2, 0.25) is 0 Å². The number of hydrogen-bond acceptors (Lipinski definition) is 2. The highest BCUT2D eigenvalue weighted by Crippen LogP contribution is 2.20. The van der Waals surface area contributed by atoms with Crippen LogP contribution in [-0.2, 0) is 6.42 Å². The first-order valence-electron chi connectivity index (χ1n) is 7.43. The number of benzene rings is 2. The Labute approximate surface area is 125 Å². The van der Waals surface area contributed by atoms with Crippen molar-refractivity contribution < 1.29 is 4.79 Å². The van der Waals surface area contributed by atoms with Crippen LogP contribution < -0.4 is 5.73 Å². The predicted octanol–water partition coefficient (Wildman–Crippen LogP) is 2.78. The van der Waals surface area contributed by atoms with Gasteiger partial charge in [0.2, 0.25) is 0 Å². The summed E-state index contributed by atoms with van der Waals surface area (Å²) >= 11 is 0. The molecule has 1 atom stereocenters. The van der Waals surface area contributed by atoms with Crippen LogP contribution in [0.1, 0.15) is 33.9 Å². The minimum Gasteiger partial charge on any atom is -0.337 e. The molecule has 1 aliphatic rings. The van der Waals surface area contributed by atoms with Gasteiger partial charge in [0.1, 0.15) is 0 Å². The second kappa shape index (κ2) is 6.10. The van der Waals surface area contributed by atoms with Crippen molar-refractivity contribution in [3.8, 4) is 0 Å². The summed E-state index contributed by atoms with van der Waals surface area (Å²) in [6.07, 6.45) is 1.95. The first-order chi connectivity index (χ1) is 10.3. The quantitative estimate of drug-likeness (QED) is 0.939. The van der Waals surface area contributed by atoms with Crippen molar-refractivity contribution in [2.24, 2.45) is 5.73 Å². The lowest BCUT2D eigenvalue weighted by atomic mass is 10.0. The molecule has 3 rings (SSSR count). The van der Waals surface area contributed by atoms with E-state index in [-0.39, 0.29) is 11.9 Å². The molecule has 21 heavy (non-hydrogen) atoms. The summed E-state index contributed by atoms with van der Waals surface area (Å²) in [7, 11) is 0. The van der Waals surface area contributed by atoms with Gasteiger partial charge in [0.25, 0.3) is 5.91 Å². The molecule has 0 spiro atoms. The Hall–Kier alpha value is -2.13. The van der Waals surface area contributed by atoms with E-state index in [4.69, 9.17) is 5.73 Å². The third-order valence-corrected chi connectivity index (χ3v) is 4.05. The summed E-state index contributed by atoms with van der Waals surface area (Å²) in [4.78, 5) is 14.6. The van der Waals surface area contributed by atoms with Gasteiger partial charge in [-0.15, -0.1) is 0 Å². The van der Waals surface area contributed by atoms with E-state index in [0.717, 1.165) is 36.1 Å². The fourth-order valence-electron chi connectivity index (χ4n) is 2.90. The van der Waals surface area contributed by atoms with Gasteiger partial charge in [0.05, 0.1) is 0 Å². The first-order valence-corrected chi connectivity index (χ1v) is 7.43. The Bertz CT molecular complexity index is 624. The topological polar surface area (TPSA) is 46.3 Å². The molecule has 1 amide bonds. The van der Waals surface area contributed by atoms with Gasteiger partial charge >= 0.3 is 0 Å². The van der Waals surface area contributed by atoms with Gasteiger partial charge < -0.3 is 10.6 Å². The molecule has 0 aromatic heterocycles. The van der Waals surface area contributed by atoms with E-state index in [9.17, 15) is 4.79 Å². The van der Waals surface area contributed by atoms with Crippen molar-refractivity contribution in [2.75, 3.05) is 13.1 Å². The Kier molecular flexibility index (Phi) is 4.02. The van der Waals surface area contributed by atoms with Gasteiger partial charge in [-0.1, -0.05) is 48.5 Å². The van der Waals surface area contributed by atoms with Crippen molar-refractivity contribution in [1.29, 1.82) is 0 Å². The SMILES string of the molecule is NC(CN1CCCc2ccccc2C1=O)c1ccccc1. The summed E-state index contributed by atoms with van der Waals surface area (Å²) in [5, 5.41) is 0. The van der Waals surface area contributed by atoms with Crippen LogP contribution in [-0.4, -0.2) is 23.9 Å². The highest BCUT2D eigenvalue weighted by atomic mass is 16.2. The van der Waals surface area contributed by atoms with Crippen LogP contribution >= 0.6 is 0 Å². The predicted molar refractivity (Wildman–Crippen MR) is 84.0 cm³/mol. The van der Waals surface area contributed by atoms with Gasteiger partial charge in [-0.3, -0.25) is 4.79 Å². The second-order valence-electron chi connectivity index (χ2n) is 5.53. The number of fused-ring (bicyclic) bond motifs is 1. The minimum absolute atomic E-state index is 0.106. The van der Waals surface area contributed by atoms with E-state index < -0.39 is 0 Å². The smallest absolute Gasteiger partial charge is 0.254 e. The average Bonchev–Trinajstić information content (AvgIpc) is 2.69. The van der Waals surface area contributed by atoms with E-state index >= 15 is 0 Å². The molecule has 108 valence electrons. The number of carbonyl (C=O) groups excluding carboxylic acids is 1. The molecule has 1 aliphatic heterocycles. The molecule has 2 N–H and O–H groups in total. The fraction of sp³-hybridized carbons (Fsp3) is 0.278. The van der Waals surface area contributed by atoms with Gasteiger partial charge in [0.15, 0.2) is 0 Å². The van der Waals surface area contributed by atoms with E-state index in [1.807, 2.05) is 59.5 Å². The minimum atomic E-state index is -0.139. The zero-order valence-electron chi connectivity index (χ0n) is 12.0. The Morgan fingerprint density at radius 1 is 1.05 bits per heavy atom. The molecule has 1 unspecified atom stereocenters. The number of nitrogens with zero attached hydrogens (tertiary/aromatic N) is 1. The highest BCUT2D eigenvalue weighted by Gasteiger charge is 2.23. The number of nitrogens with two attached hydrogens (primary N) is 1. The van der Waals surface area contributed by atoms with Crippen molar-refractivity contribution in [2.45, 2.75) is 18.9 Å². The number of amides is 1. The van der Waals surface area contributed by atoms with Crippen LogP contribution in [0.15, 0.2) is 54.6 Å². The molecule has 0 fully saturated rings. The molecule has 2 aromatic rings. The van der Waals surface area contributed by atoms with Gasteiger partial charge in [-0.2, -0.15) is 0 Å². The Morgan fingerprint density at radius 3 is 2.57 bits per heavy atom. The maximum atomic E-state index is 12.7. The summed E-state index contributed by atoms with van der Waals surface area (Å²) < 4.78 is 0. The number of rotatable bonds is 3. The summed E-state index contributed by atoms with van der Waals surface area (Å²) in [5.41, 5.74) is 9.32. The maximum absolute atomic E-state index is 12.7. The van der Waals surface area contributed by atoms with E-state index in [1.165, 1.54) is 0 Å². The zero-order chi connectivity index (χ0) is 14.7. The molecule has 2 aromatic carbocycles. The van der Waals surface area contributed by atoms with Gasteiger partial charge in [0, 0.05) is 24.7 Å². The summed E-state index contributed by atoms with van der Waals surface area (Å²) in [6, 6.07) is 17.7. The van der Waals surface area contributed by atoms with Crippen molar-refractivity contribution in [3.05, 3.63) is 71.3 Å². The highest BCUT2D eigenvalue weighted by molar-refractivity contribution is 5.96. The molecular formula is C18H20N2O. The second-order valence-corrected chi connectivity index (χ2v) is 5.53. The molecule has 0 radical (unpaired) electrons. The van der Waals surface area contributed by atoms with Gasteiger partial charge in [-0.25, -0.2) is 0 Å². The van der Waals surface area contributed by atoms with Crippen LogP contribution in [0, 0.1) is 0 Å². The molecular weight excluding hydrogens is 260 g/mol. The molecule has 0 saturated heterocycles. The summed E-state index contributed by atoms with van der Waals surface area (Å²) in [5.74, 6) is 0.106. The molecule has 3 nitrogen and oxygen atoms in total. The molecule has 0 aliphatic carbocycles. The number of hydrogen-bond donors (Lipinski definition) is 1. The molecule has 3 heteroatoms. The zero-order valence-corrected chi connectivity index (χ0v) is 12.0. The van der Waals surface area contributed by atoms with Gasteiger partial charge in [-0.05, 0) is 30.0 Å². The fourth-order valence-corrected chi connectivity index (χ4v) is 2.90. The van der Waals surface area contributed by atoms with Crippen molar-refractivity contribution in [3.63, 3.8) is 0 Å². The van der Waals surface area contributed by atoms with E-state index in [0.29, 0.717) is 6.54 Å². The van der Waals surface area contributed by atoms with Crippen LogP contribution in [0.3, 0.4) is 0 Å². The van der Waals surface area contributed by atoms with Crippen LogP contribution in [0.4, 0.5) is 0 Å². The van der Waals surface area contributed by atoms with Crippen LogP contribution in [0.5, 0.6) is 0 Å². The third kappa shape index (κ3) is 2.98. The third-order valence-electron chi connectivity index (χ3n) is 4.05. The normalized spacial score (nSPS) is 16.2. The number of carbonyl (C=O) groups is 1. The molecule has 1 heterocycles. The monoisotopic (exact) mass is 280 g/mol. The summed E-state index contributed by atoms with van der Waals surface area (Å²) in [6.45, 7) is 1.34. The van der Waals surface area contributed by atoms with Crippen molar-refractivity contribution >= 4 is 5.91 Å². The molecule has 0 bridgehead atoms.